The highest BCUT2D eigenvalue weighted by atomic mass is 32.1. The minimum absolute atomic E-state index is 0.162. The number of carbonyl (C=O) groups excluding carboxylic acids is 1. The number of amides is 1. The van der Waals surface area contributed by atoms with E-state index in [0.29, 0.717) is 13.0 Å². The summed E-state index contributed by atoms with van der Waals surface area (Å²) < 4.78 is 1.93. The van der Waals surface area contributed by atoms with E-state index in [2.05, 4.69) is 15.5 Å². The second kappa shape index (κ2) is 6.83. The molecule has 1 atom stereocenters. The van der Waals surface area contributed by atoms with Gasteiger partial charge >= 0.3 is 0 Å². The summed E-state index contributed by atoms with van der Waals surface area (Å²) in [4.78, 5) is 19.4. The Morgan fingerprint density at radius 3 is 2.78 bits per heavy atom. The monoisotopic (exact) mass is 332 g/mol. The lowest BCUT2D eigenvalue weighted by atomic mass is 10.0. The molecule has 0 spiro atoms. The predicted molar refractivity (Wildman–Crippen MR) is 91.5 cm³/mol. The molecule has 1 aliphatic heterocycles. The van der Waals surface area contributed by atoms with E-state index in [1.165, 1.54) is 6.42 Å². The summed E-state index contributed by atoms with van der Waals surface area (Å²) in [5.74, 6) is 0.218. The molecule has 3 rings (SSSR count). The van der Waals surface area contributed by atoms with E-state index in [1.54, 1.807) is 11.3 Å². The Morgan fingerprint density at radius 2 is 2.13 bits per heavy atom. The van der Waals surface area contributed by atoms with Crippen LogP contribution in [0.5, 0.6) is 0 Å². The highest BCUT2D eigenvalue weighted by Gasteiger charge is 2.29. The lowest BCUT2D eigenvalue weighted by molar-refractivity contribution is -0.135. The zero-order chi connectivity index (χ0) is 16.4. The van der Waals surface area contributed by atoms with Crippen LogP contribution in [0.2, 0.25) is 0 Å². The highest BCUT2D eigenvalue weighted by Crippen LogP contribution is 2.33. The van der Waals surface area contributed by atoms with Crippen LogP contribution < -0.4 is 0 Å². The van der Waals surface area contributed by atoms with Crippen molar-refractivity contribution >= 4 is 17.2 Å². The van der Waals surface area contributed by atoms with Crippen molar-refractivity contribution in [3.05, 3.63) is 33.5 Å². The first-order valence-electron chi connectivity index (χ1n) is 8.27. The molecule has 0 bridgehead atoms. The van der Waals surface area contributed by atoms with Gasteiger partial charge in [0.1, 0.15) is 5.01 Å². The zero-order valence-electron chi connectivity index (χ0n) is 14.1. The summed E-state index contributed by atoms with van der Waals surface area (Å²) in [6, 6.07) is 2.21. The van der Waals surface area contributed by atoms with Crippen molar-refractivity contribution in [2.24, 2.45) is 0 Å². The number of aryl methyl sites for hydroxylation is 4. The van der Waals surface area contributed by atoms with E-state index in [9.17, 15) is 4.79 Å². The van der Waals surface area contributed by atoms with Crippen LogP contribution in [0, 0.1) is 20.8 Å². The summed E-state index contributed by atoms with van der Waals surface area (Å²) in [5, 5.41) is 7.60. The van der Waals surface area contributed by atoms with Gasteiger partial charge in [0.05, 0.1) is 11.7 Å². The first-order chi connectivity index (χ1) is 11.0. The highest BCUT2D eigenvalue weighted by molar-refractivity contribution is 7.09. The maximum atomic E-state index is 12.7. The molecule has 3 heterocycles. The smallest absolute Gasteiger partial charge is 0.225 e. The number of piperidine rings is 1. The molecule has 1 amide bonds. The number of likely N-dealkylation sites (tertiary alicyclic amines) is 1. The van der Waals surface area contributed by atoms with Crippen molar-refractivity contribution in [2.75, 3.05) is 6.54 Å². The first-order valence-corrected chi connectivity index (χ1v) is 9.15. The van der Waals surface area contributed by atoms with Gasteiger partial charge in [-0.15, -0.1) is 11.3 Å². The number of hydrogen-bond donors (Lipinski definition) is 0. The lowest BCUT2D eigenvalue weighted by Gasteiger charge is -2.34. The predicted octanol–water partition coefficient (Wildman–Crippen LogP) is 3.41. The van der Waals surface area contributed by atoms with Gasteiger partial charge in [-0.05, 0) is 46.1 Å². The average molecular weight is 332 g/mol. The van der Waals surface area contributed by atoms with Crippen molar-refractivity contribution in [2.45, 2.75) is 59.0 Å². The van der Waals surface area contributed by atoms with E-state index in [0.717, 1.165) is 41.5 Å². The number of thiazole rings is 1. The molecule has 1 saturated heterocycles. The molecular weight excluding hydrogens is 308 g/mol. The summed E-state index contributed by atoms with van der Waals surface area (Å²) in [6.07, 6.45) is 3.79. The standard InChI is InChI=1S/C17H24N4OS/c1-12-10-14(3)21(19-12)9-7-16(22)20-8-5-4-6-15(20)17-18-13(2)11-23-17/h10-11,15H,4-9H2,1-3H3. The van der Waals surface area contributed by atoms with Gasteiger partial charge in [0.15, 0.2) is 0 Å². The van der Waals surface area contributed by atoms with Crippen LogP contribution in [0.1, 0.15) is 53.8 Å². The number of carbonyl (C=O) groups is 1. The van der Waals surface area contributed by atoms with Gasteiger partial charge in [0.25, 0.3) is 0 Å². The fourth-order valence-corrected chi connectivity index (χ4v) is 4.20. The third kappa shape index (κ3) is 3.63. The Morgan fingerprint density at radius 1 is 1.30 bits per heavy atom. The third-order valence-corrected chi connectivity index (χ3v) is 5.45. The average Bonchev–Trinajstić information content (AvgIpc) is 3.10. The van der Waals surface area contributed by atoms with E-state index >= 15 is 0 Å². The topological polar surface area (TPSA) is 51.0 Å². The number of rotatable bonds is 4. The molecule has 0 radical (unpaired) electrons. The molecule has 1 aliphatic rings. The Labute approximate surface area is 141 Å². The zero-order valence-corrected chi connectivity index (χ0v) is 14.9. The minimum atomic E-state index is 0.162. The largest absolute Gasteiger partial charge is 0.333 e. The second-order valence-corrected chi connectivity index (χ2v) is 7.22. The Kier molecular flexibility index (Phi) is 4.80. The lowest BCUT2D eigenvalue weighted by Crippen LogP contribution is -2.38. The van der Waals surface area contributed by atoms with Crippen LogP contribution in [-0.2, 0) is 11.3 Å². The second-order valence-electron chi connectivity index (χ2n) is 6.33. The SMILES string of the molecule is Cc1csc(C2CCCCN2C(=O)CCn2nc(C)cc2C)n1. The Hall–Kier alpha value is -1.69. The van der Waals surface area contributed by atoms with Crippen LogP contribution in [0.25, 0.3) is 0 Å². The van der Waals surface area contributed by atoms with Gasteiger partial charge in [-0.2, -0.15) is 5.10 Å². The molecular formula is C17H24N4OS. The summed E-state index contributed by atoms with van der Waals surface area (Å²) >= 11 is 1.67. The first kappa shape index (κ1) is 16.2. The van der Waals surface area contributed by atoms with Gasteiger partial charge in [-0.1, -0.05) is 0 Å². The number of nitrogens with zero attached hydrogens (tertiary/aromatic N) is 4. The third-order valence-electron chi connectivity index (χ3n) is 4.39. The molecule has 1 unspecified atom stereocenters. The van der Waals surface area contributed by atoms with Crippen molar-refractivity contribution < 1.29 is 4.79 Å². The molecule has 23 heavy (non-hydrogen) atoms. The van der Waals surface area contributed by atoms with Crippen molar-refractivity contribution in [3.63, 3.8) is 0 Å². The molecule has 2 aromatic heterocycles. The molecule has 124 valence electrons. The number of aromatic nitrogens is 3. The van der Waals surface area contributed by atoms with Crippen molar-refractivity contribution in [1.29, 1.82) is 0 Å². The minimum Gasteiger partial charge on any atom is -0.333 e. The van der Waals surface area contributed by atoms with E-state index in [1.807, 2.05) is 36.4 Å². The summed E-state index contributed by atoms with van der Waals surface area (Å²) in [6.45, 7) is 7.53. The molecule has 6 heteroatoms. The van der Waals surface area contributed by atoms with Crippen LogP contribution in [0.4, 0.5) is 0 Å². The van der Waals surface area contributed by atoms with Crippen molar-refractivity contribution in [3.8, 4) is 0 Å². The Bertz CT molecular complexity index is 691. The van der Waals surface area contributed by atoms with Gasteiger partial charge < -0.3 is 4.90 Å². The molecule has 0 N–H and O–H groups in total. The Balaban J connectivity index is 1.67. The summed E-state index contributed by atoms with van der Waals surface area (Å²) in [7, 11) is 0. The molecule has 0 aromatic carbocycles. The van der Waals surface area contributed by atoms with E-state index in [-0.39, 0.29) is 11.9 Å². The van der Waals surface area contributed by atoms with Gasteiger partial charge in [-0.25, -0.2) is 4.98 Å². The molecule has 2 aromatic rings. The van der Waals surface area contributed by atoms with Gasteiger partial charge in [0, 0.05) is 36.3 Å². The van der Waals surface area contributed by atoms with Gasteiger partial charge in [-0.3, -0.25) is 9.48 Å². The summed E-state index contributed by atoms with van der Waals surface area (Å²) in [5.41, 5.74) is 3.16. The van der Waals surface area contributed by atoms with Crippen molar-refractivity contribution in [1.82, 2.24) is 19.7 Å². The fraction of sp³-hybridized carbons (Fsp3) is 0.588. The molecule has 1 fully saturated rings. The maximum Gasteiger partial charge on any atom is 0.225 e. The van der Waals surface area contributed by atoms with Crippen LogP contribution in [0.15, 0.2) is 11.4 Å². The van der Waals surface area contributed by atoms with E-state index in [4.69, 9.17) is 0 Å². The van der Waals surface area contributed by atoms with Crippen LogP contribution in [0.3, 0.4) is 0 Å². The maximum absolute atomic E-state index is 12.7. The number of hydrogen-bond acceptors (Lipinski definition) is 4. The normalized spacial score (nSPS) is 18.4. The molecule has 0 aliphatic carbocycles. The van der Waals surface area contributed by atoms with Crippen LogP contribution in [-0.4, -0.2) is 32.1 Å². The fourth-order valence-electron chi connectivity index (χ4n) is 3.26. The quantitative estimate of drug-likeness (QED) is 0.862. The van der Waals surface area contributed by atoms with E-state index < -0.39 is 0 Å². The van der Waals surface area contributed by atoms with Crippen LogP contribution >= 0.6 is 11.3 Å². The molecule has 0 saturated carbocycles. The van der Waals surface area contributed by atoms with Gasteiger partial charge in [0.2, 0.25) is 5.91 Å². The molecule has 5 nitrogen and oxygen atoms in total.